The average molecular weight is 344 g/mol. The van der Waals surface area contributed by atoms with Crippen LogP contribution in [-0.2, 0) is 9.53 Å². The summed E-state index contributed by atoms with van der Waals surface area (Å²) < 4.78 is 16.1. The van der Waals surface area contributed by atoms with Crippen LogP contribution in [0.15, 0.2) is 36.7 Å². The highest BCUT2D eigenvalue weighted by atomic mass is 16.6. The fourth-order valence-electron chi connectivity index (χ4n) is 1.99. The third-order valence-electron chi connectivity index (χ3n) is 3.34. The molecule has 1 atom stereocenters. The van der Waals surface area contributed by atoms with E-state index in [-0.39, 0.29) is 0 Å². The zero-order valence-electron chi connectivity index (χ0n) is 14.9. The van der Waals surface area contributed by atoms with E-state index >= 15 is 0 Å². The lowest BCUT2D eigenvalue weighted by atomic mass is 10.2. The van der Waals surface area contributed by atoms with Gasteiger partial charge in [0.2, 0.25) is 0 Å². The van der Waals surface area contributed by atoms with Crippen molar-refractivity contribution in [2.24, 2.45) is 0 Å². The van der Waals surface area contributed by atoms with E-state index in [2.05, 4.69) is 9.97 Å². The van der Waals surface area contributed by atoms with Crippen molar-refractivity contribution in [3.8, 4) is 22.9 Å². The van der Waals surface area contributed by atoms with Gasteiger partial charge in [0.25, 0.3) is 0 Å². The molecule has 0 aliphatic carbocycles. The molecule has 134 valence electrons. The number of esters is 1. The summed E-state index contributed by atoms with van der Waals surface area (Å²) in [5, 5.41) is 0. The monoisotopic (exact) mass is 344 g/mol. The maximum atomic E-state index is 11.9. The zero-order valence-corrected chi connectivity index (χ0v) is 14.9. The zero-order chi connectivity index (χ0) is 18.1. The van der Waals surface area contributed by atoms with Crippen molar-refractivity contribution in [2.45, 2.75) is 39.7 Å². The molecule has 0 saturated heterocycles. The normalized spacial score (nSPS) is 11.8. The Labute approximate surface area is 148 Å². The molecule has 0 fully saturated rings. The smallest absolute Gasteiger partial charge is 0.340 e. The molecular weight excluding hydrogens is 320 g/mol. The predicted molar refractivity (Wildman–Crippen MR) is 94.6 cm³/mol. The van der Waals surface area contributed by atoms with Crippen LogP contribution in [0.5, 0.6) is 11.5 Å². The van der Waals surface area contributed by atoms with Gasteiger partial charge in [0, 0.05) is 12.2 Å². The molecule has 0 spiro atoms. The van der Waals surface area contributed by atoms with Crippen LogP contribution >= 0.6 is 0 Å². The number of carbonyl (C=O) groups excluding carboxylic acids is 1. The molecular formula is C19H24N2O4. The lowest BCUT2D eigenvalue weighted by Gasteiger charge is -2.12. The summed E-state index contributed by atoms with van der Waals surface area (Å²) in [4.78, 5) is 20.5. The highest BCUT2D eigenvalue weighted by Gasteiger charge is 2.15. The quantitative estimate of drug-likeness (QED) is 0.511. The summed E-state index contributed by atoms with van der Waals surface area (Å²) in [5.74, 6) is 1.29. The van der Waals surface area contributed by atoms with Crippen LogP contribution in [0.1, 0.15) is 33.6 Å². The Hall–Kier alpha value is -2.47. The van der Waals surface area contributed by atoms with Crippen LogP contribution in [-0.4, -0.2) is 35.3 Å². The second-order valence-electron chi connectivity index (χ2n) is 5.55. The maximum absolute atomic E-state index is 11.9. The Kier molecular flexibility index (Phi) is 7.35. The molecule has 2 rings (SSSR count). The van der Waals surface area contributed by atoms with E-state index in [9.17, 15) is 4.79 Å². The largest absolute Gasteiger partial charge is 0.490 e. The second-order valence-corrected chi connectivity index (χ2v) is 5.55. The van der Waals surface area contributed by atoms with Gasteiger partial charge >= 0.3 is 5.97 Å². The Bertz CT molecular complexity index is 656. The topological polar surface area (TPSA) is 70.5 Å². The molecule has 1 aromatic heterocycles. The van der Waals surface area contributed by atoms with E-state index in [0.717, 1.165) is 18.4 Å². The standard InChI is InChI=1S/C19H24N2O4/c1-4-10-23-14(3)19(22)25-16-8-6-15(7-9-16)18-20-12-17(13-21-18)24-11-5-2/h6-9,12-14H,4-5,10-11H2,1-3H3. The highest BCUT2D eigenvalue weighted by molar-refractivity contribution is 5.77. The number of carbonyl (C=O) groups is 1. The molecule has 1 unspecified atom stereocenters. The van der Waals surface area contributed by atoms with Crippen LogP contribution in [0.4, 0.5) is 0 Å². The fraction of sp³-hybridized carbons (Fsp3) is 0.421. The highest BCUT2D eigenvalue weighted by Crippen LogP contribution is 2.20. The summed E-state index contributed by atoms with van der Waals surface area (Å²) in [7, 11) is 0. The fourth-order valence-corrected chi connectivity index (χ4v) is 1.99. The first-order chi connectivity index (χ1) is 12.1. The van der Waals surface area contributed by atoms with Gasteiger partial charge in [-0.2, -0.15) is 0 Å². The molecule has 0 saturated carbocycles. The summed E-state index contributed by atoms with van der Waals surface area (Å²) in [6.07, 6.45) is 4.51. The van der Waals surface area contributed by atoms with E-state index in [1.807, 2.05) is 26.0 Å². The van der Waals surface area contributed by atoms with Crippen LogP contribution < -0.4 is 9.47 Å². The third kappa shape index (κ3) is 5.83. The van der Waals surface area contributed by atoms with Gasteiger partial charge in [-0.15, -0.1) is 0 Å². The Balaban J connectivity index is 1.96. The SMILES string of the molecule is CCCOc1cnc(-c2ccc(OC(=O)C(C)OCCC)cc2)nc1. The van der Waals surface area contributed by atoms with E-state index < -0.39 is 12.1 Å². The summed E-state index contributed by atoms with van der Waals surface area (Å²) in [5.41, 5.74) is 0.831. The minimum Gasteiger partial charge on any atom is -0.490 e. The van der Waals surface area contributed by atoms with Gasteiger partial charge in [0.1, 0.15) is 5.75 Å². The lowest BCUT2D eigenvalue weighted by molar-refractivity contribution is -0.146. The molecule has 0 bridgehead atoms. The molecule has 6 nitrogen and oxygen atoms in total. The summed E-state index contributed by atoms with van der Waals surface area (Å²) in [6, 6.07) is 7.04. The maximum Gasteiger partial charge on any atom is 0.340 e. The van der Waals surface area contributed by atoms with Crippen LogP contribution in [0, 0.1) is 0 Å². The number of aromatic nitrogens is 2. The number of benzene rings is 1. The van der Waals surface area contributed by atoms with Gasteiger partial charge in [-0.3, -0.25) is 0 Å². The second kappa shape index (κ2) is 9.74. The first-order valence-corrected chi connectivity index (χ1v) is 8.52. The Morgan fingerprint density at radius 3 is 2.24 bits per heavy atom. The van der Waals surface area contributed by atoms with Gasteiger partial charge in [0.05, 0.1) is 19.0 Å². The number of rotatable bonds is 9. The molecule has 2 aromatic rings. The number of hydrogen-bond donors (Lipinski definition) is 0. The predicted octanol–water partition coefficient (Wildman–Crippen LogP) is 3.65. The first-order valence-electron chi connectivity index (χ1n) is 8.52. The summed E-state index contributed by atoms with van der Waals surface area (Å²) in [6.45, 7) is 6.89. The minimum absolute atomic E-state index is 0.408. The first kappa shape index (κ1) is 18.9. The van der Waals surface area contributed by atoms with Crippen molar-refractivity contribution in [3.05, 3.63) is 36.7 Å². The van der Waals surface area contributed by atoms with E-state index in [1.165, 1.54) is 0 Å². The number of nitrogens with zero attached hydrogens (tertiary/aromatic N) is 2. The van der Waals surface area contributed by atoms with Crippen LogP contribution in [0.3, 0.4) is 0 Å². The molecule has 6 heteroatoms. The number of ether oxygens (including phenoxy) is 3. The summed E-state index contributed by atoms with van der Waals surface area (Å²) >= 11 is 0. The minimum atomic E-state index is -0.585. The van der Waals surface area contributed by atoms with Gasteiger partial charge in [0.15, 0.2) is 17.7 Å². The molecule has 25 heavy (non-hydrogen) atoms. The molecule has 0 amide bonds. The van der Waals surface area contributed by atoms with Crippen molar-refractivity contribution in [1.29, 1.82) is 0 Å². The van der Waals surface area contributed by atoms with Gasteiger partial charge < -0.3 is 14.2 Å². The average Bonchev–Trinajstić information content (AvgIpc) is 2.65. The van der Waals surface area contributed by atoms with Crippen molar-refractivity contribution >= 4 is 5.97 Å². The third-order valence-corrected chi connectivity index (χ3v) is 3.34. The van der Waals surface area contributed by atoms with Gasteiger partial charge in [-0.1, -0.05) is 13.8 Å². The van der Waals surface area contributed by atoms with Crippen molar-refractivity contribution < 1.29 is 19.0 Å². The Morgan fingerprint density at radius 2 is 1.64 bits per heavy atom. The molecule has 1 aromatic carbocycles. The van der Waals surface area contributed by atoms with E-state index in [4.69, 9.17) is 14.2 Å². The van der Waals surface area contributed by atoms with Crippen molar-refractivity contribution in [3.63, 3.8) is 0 Å². The van der Waals surface area contributed by atoms with Gasteiger partial charge in [-0.05, 0) is 44.0 Å². The van der Waals surface area contributed by atoms with Gasteiger partial charge in [-0.25, -0.2) is 14.8 Å². The van der Waals surface area contributed by atoms with E-state index in [0.29, 0.717) is 30.5 Å². The molecule has 0 aliphatic rings. The van der Waals surface area contributed by atoms with Crippen molar-refractivity contribution in [2.75, 3.05) is 13.2 Å². The van der Waals surface area contributed by atoms with Crippen LogP contribution in [0.2, 0.25) is 0 Å². The van der Waals surface area contributed by atoms with Crippen LogP contribution in [0.25, 0.3) is 11.4 Å². The van der Waals surface area contributed by atoms with Crippen molar-refractivity contribution in [1.82, 2.24) is 9.97 Å². The lowest BCUT2D eigenvalue weighted by Crippen LogP contribution is -2.26. The number of hydrogen-bond acceptors (Lipinski definition) is 6. The molecule has 1 heterocycles. The molecule has 0 radical (unpaired) electrons. The molecule has 0 aliphatic heterocycles. The molecule has 0 N–H and O–H groups in total. The van der Waals surface area contributed by atoms with E-state index in [1.54, 1.807) is 31.5 Å². The Morgan fingerprint density at radius 1 is 1.00 bits per heavy atom.